The van der Waals surface area contributed by atoms with Crippen molar-refractivity contribution in [2.75, 3.05) is 19.8 Å². The third kappa shape index (κ3) is 32.7. The van der Waals surface area contributed by atoms with Crippen LogP contribution in [0.15, 0.2) is 24.3 Å². The van der Waals surface area contributed by atoms with Crippen LogP contribution in [-0.2, 0) is 26.2 Å². The molecule has 1 aromatic rings. The van der Waals surface area contributed by atoms with Crippen molar-refractivity contribution >= 4 is 18.1 Å². The number of aliphatic hydroxyl groups excluding tert-OH is 3. The summed E-state index contributed by atoms with van der Waals surface area (Å²) in [6.07, 6.45) is 0. The Hall–Kier alpha value is 0.586. The molecule has 0 atom stereocenters. The Morgan fingerprint density at radius 1 is 0.760 bits per heavy atom. The van der Waals surface area contributed by atoms with Gasteiger partial charge in [-0.25, -0.2) is 0 Å². The number of hydrogen-bond acceptors (Lipinski definition) is 3. The van der Waals surface area contributed by atoms with Crippen LogP contribution >= 0.6 is 0 Å². The minimum absolute atomic E-state index is 0. The minimum Gasteiger partial charge on any atom is 0 e. The first-order valence-electron chi connectivity index (χ1n) is 8.65. The van der Waals surface area contributed by atoms with Crippen LogP contribution < -0.4 is 4.40 Å². The quantitative estimate of drug-likeness (QED) is 0.438. The predicted octanol–water partition coefficient (Wildman–Crippen LogP) is 3.69. The van der Waals surface area contributed by atoms with Crippen LogP contribution in [0.25, 0.3) is 0 Å². The average Bonchev–Trinajstić information content (AvgIpc) is 3.03. The summed E-state index contributed by atoms with van der Waals surface area (Å²) < 4.78 is 14.1. The molecule has 1 rings (SSSR count). The van der Waals surface area contributed by atoms with Gasteiger partial charge in [0.05, 0.1) is 0 Å². The maximum Gasteiger partial charge on any atom is 0 e. The fraction of sp³-hybridized carbons (Fsp3) is 0.737. The maximum absolute atomic E-state index is 13.1. The van der Waals surface area contributed by atoms with Crippen LogP contribution in [0.2, 0.25) is 11.5 Å². The van der Waals surface area contributed by atoms with Gasteiger partial charge >= 0.3 is 57.4 Å². The Kier molecular flexibility index (Phi) is 27.7. The van der Waals surface area contributed by atoms with Gasteiger partial charge in [0.15, 0.2) is 0 Å². The first-order valence-corrected chi connectivity index (χ1v) is 14.7. The van der Waals surface area contributed by atoms with E-state index in [4.69, 9.17) is 15.3 Å². The smallest absolute Gasteiger partial charge is 0 e. The Balaban J connectivity index is -0.000000122. The summed E-state index contributed by atoms with van der Waals surface area (Å²) >= 11 is -2.94. The molecule has 0 amide bonds. The van der Waals surface area contributed by atoms with Gasteiger partial charge in [-0.2, -0.15) is 0 Å². The topological polar surface area (TPSA) is 60.7 Å². The largest absolute Gasteiger partial charge is 0 e. The molecule has 0 bridgehead atoms. The Morgan fingerprint density at radius 2 is 0.960 bits per heavy atom. The van der Waals surface area contributed by atoms with Crippen LogP contribution in [0.4, 0.5) is 3.50 Å². The second-order valence-corrected chi connectivity index (χ2v) is 14.8. The average molecular weight is 499 g/mol. The van der Waals surface area contributed by atoms with Gasteiger partial charge < -0.3 is 15.3 Å². The first-order chi connectivity index (χ1) is 10.9. The van der Waals surface area contributed by atoms with Gasteiger partial charge in [0.25, 0.3) is 0 Å². The molecule has 0 heterocycles. The van der Waals surface area contributed by atoms with Gasteiger partial charge in [0.2, 0.25) is 0 Å². The SMILES string of the molecule is CC(C)CO.CC(C)CO.CC(C)CO.[CH3][Ge]([CH3])([F])[c-]1cccc1.[Zr]. The molecule has 0 aliphatic carbocycles. The van der Waals surface area contributed by atoms with Crippen LogP contribution in [0.1, 0.15) is 41.5 Å². The summed E-state index contributed by atoms with van der Waals surface area (Å²) in [4.78, 5) is 0. The zero-order chi connectivity index (χ0) is 19.8. The Morgan fingerprint density at radius 3 is 1.04 bits per heavy atom. The number of aliphatic hydroxyl groups is 3. The van der Waals surface area contributed by atoms with Crippen molar-refractivity contribution in [2.24, 2.45) is 17.8 Å². The van der Waals surface area contributed by atoms with Crippen molar-refractivity contribution in [3.05, 3.63) is 24.3 Å². The van der Waals surface area contributed by atoms with Gasteiger partial charge in [-0.15, -0.1) is 0 Å². The van der Waals surface area contributed by atoms with Crippen LogP contribution in [0, 0.1) is 17.8 Å². The molecule has 0 radical (unpaired) electrons. The second-order valence-electron chi connectivity index (χ2n) is 7.38. The van der Waals surface area contributed by atoms with Crippen molar-refractivity contribution in [2.45, 2.75) is 53.1 Å². The summed E-state index contributed by atoms with van der Waals surface area (Å²) in [7, 11) is 0. The number of hydrogen-bond donors (Lipinski definition) is 3. The van der Waals surface area contributed by atoms with E-state index in [0.29, 0.717) is 37.6 Å². The van der Waals surface area contributed by atoms with E-state index in [9.17, 15) is 3.50 Å². The van der Waals surface area contributed by atoms with E-state index in [1.54, 1.807) is 11.5 Å². The van der Waals surface area contributed by atoms with E-state index in [1.807, 2.05) is 65.8 Å². The molecule has 0 aliphatic rings. The van der Waals surface area contributed by atoms with Gasteiger partial charge in [-0.3, -0.25) is 0 Å². The number of halogens is 1. The molecule has 6 heteroatoms. The third-order valence-corrected chi connectivity index (χ3v) is 6.02. The summed E-state index contributed by atoms with van der Waals surface area (Å²) in [5.74, 6) is 4.81. The molecule has 0 unspecified atom stereocenters. The monoisotopic (exact) mass is 499 g/mol. The standard InChI is InChI=1S/C7H10FGe.3C4H10O.Zr/c1-9(2,8)7-5-3-4-6-7;3*1-4(2)3-5;/h3-6H,1-2H3;3*4-5H,3H2,1-2H3;/q-1;;;;. The van der Waals surface area contributed by atoms with E-state index >= 15 is 0 Å². The van der Waals surface area contributed by atoms with Crippen LogP contribution in [-0.4, -0.2) is 48.9 Å². The molecule has 0 spiro atoms. The van der Waals surface area contributed by atoms with Gasteiger partial charge in [0, 0.05) is 46.0 Å². The normalized spacial score (nSPS) is 10.0. The van der Waals surface area contributed by atoms with Crippen LogP contribution in [0.5, 0.6) is 0 Å². The fourth-order valence-corrected chi connectivity index (χ4v) is 2.84. The van der Waals surface area contributed by atoms with Crippen molar-refractivity contribution in [1.29, 1.82) is 0 Å². The van der Waals surface area contributed by atoms with Gasteiger partial charge in [-0.1, -0.05) is 41.5 Å². The van der Waals surface area contributed by atoms with Gasteiger partial charge in [-0.05, 0) is 17.8 Å². The van der Waals surface area contributed by atoms with Crippen LogP contribution in [0.3, 0.4) is 0 Å². The molecular formula is C19H40FGeO3Zr-. The summed E-state index contributed by atoms with van der Waals surface area (Å²) in [6, 6.07) is 7.53. The second kappa shape index (κ2) is 20.9. The zero-order valence-corrected chi connectivity index (χ0v) is 21.9. The summed E-state index contributed by atoms with van der Waals surface area (Å²) in [5.41, 5.74) is 0. The first kappa shape index (κ1) is 33.2. The molecule has 25 heavy (non-hydrogen) atoms. The van der Waals surface area contributed by atoms with Crippen molar-refractivity contribution < 1.29 is 45.0 Å². The van der Waals surface area contributed by atoms with E-state index in [2.05, 4.69) is 0 Å². The molecule has 0 saturated heterocycles. The third-order valence-electron chi connectivity index (χ3n) is 2.44. The van der Waals surface area contributed by atoms with Crippen molar-refractivity contribution in [3.8, 4) is 0 Å². The van der Waals surface area contributed by atoms with Gasteiger partial charge in [0.1, 0.15) is 0 Å². The molecule has 3 N–H and O–H groups in total. The molecule has 0 saturated carbocycles. The Labute approximate surface area is 177 Å². The van der Waals surface area contributed by atoms with Crippen molar-refractivity contribution in [1.82, 2.24) is 0 Å². The maximum atomic E-state index is 13.1. The molecule has 3 nitrogen and oxygen atoms in total. The Bertz CT molecular complexity index is 318. The number of rotatable bonds is 4. The molecule has 0 aromatic heterocycles. The van der Waals surface area contributed by atoms with E-state index in [1.165, 1.54) is 0 Å². The minimum atomic E-state index is -2.94. The van der Waals surface area contributed by atoms with Crippen molar-refractivity contribution in [3.63, 3.8) is 0 Å². The van der Waals surface area contributed by atoms with E-state index < -0.39 is 13.7 Å². The fourth-order valence-electron chi connectivity index (χ4n) is 0.770. The molecule has 0 aliphatic heterocycles. The predicted molar refractivity (Wildman–Crippen MR) is 106 cm³/mol. The molecule has 1 aromatic carbocycles. The molecular weight excluding hydrogens is 459 g/mol. The van der Waals surface area contributed by atoms with E-state index in [0.717, 1.165) is 4.40 Å². The van der Waals surface area contributed by atoms with E-state index in [-0.39, 0.29) is 26.2 Å². The molecule has 0 fully saturated rings. The summed E-state index contributed by atoms with van der Waals surface area (Å²) in [5, 5.41) is 24.4. The summed E-state index contributed by atoms with van der Waals surface area (Å²) in [6.45, 7) is 12.7. The zero-order valence-electron chi connectivity index (χ0n) is 17.4. The molecule has 150 valence electrons.